The molecular weight excluding hydrogens is 412 g/mol. The normalized spacial score (nSPS) is 20.8. The summed E-state index contributed by atoms with van der Waals surface area (Å²) in [5, 5.41) is 6.56. The molecule has 3 heterocycles. The number of rotatable bonds is 4. The van der Waals surface area contributed by atoms with E-state index in [2.05, 4.69) is 20.6 Å². The third-order valence-corrected chi connectivity index (χ3v) is 7.26. The van der Waals surface area contributed by atoms with Crippen LogP contribution in [0.15, 0.2) is 35.2 Å². The van der Waals surface area contributed by atoms with E-state index in [0.29, 0.717) is 37.0 Å². The zero-order chi connectivity index (χ0) is 19.6. The number of piperazine rings is 1. The van der Waals surface area contributed by atoms with Gasteiger partial charge in [-0.2, -0.15) is 4.31 Å². The van der Waals surface area contributed by atoms with Gasteiger partial charge in [-0.15, -0.1) is 12.4 Å². The van der Waals surface area contributed by atoms with Gasteiger partial charge in [0.1, 0.15) is 0 Å². The summed E-state index contributed by atoms with van der Waals surface area (Å²) in [7, 11) is -3.47. The van der Waals surface area contributed by atoms with E-state index in [1.54, 1.807) is 24.3 Å². The van der Waals surface area contributed by atoms with Crippen molar-refractivity contribution in [3.63, 3.8) is 0 Å². The second-order valence-electron chi connectivity index (χ2n) is 7.26. The Labute approximate surface area is 177 Å². The first-order chi connectivity index (χ1) is 13.5. The van der Waals surface area contributed by atoms with Crippen LogP contribution in [0.3, 0.4) is 0 Å². The van der Waals surface area contributed by atoms with E-state index in [1.807, 2.05) is 6.07 Å². The summed E-state index contributed by atoms with van der Waals surface area (Å²) in [6.07, 6.45) is 2.19. The highest BCUT2D eigenvalue weighted by atomic mass is 35.5. The highest BCUT2D eigenvalue weighted by molar-refractivity contribution is 7.89. The Morgan fingerprint density at radius 1 is 1.03 bits per heavy atom. The number of piperidine rings is 1. The van der Waals surface area contributed by atoms with Crippen LogP contribution in [-0.2, 0) is 10.0 Å². The van der Waals surface area contributed by atoms with Gasteiger partial charge in [0.2, 0.25) is 16.0 Å². The van der Waals surface area contributed by atoms with Gasteiger partial charge in [-0.05, 0) is 37.6 Å². The first-order valence-electron chi connectivity index (χ1n) is 9.70. The first-order valence-corrected chi connectivity index (χ1v) is 11.1. The molecule has 0 amide bonds. The van der Waals surface area contributed by atoms with Crippen LogP contribution in [0.5, 0.6) is 0 Å². The Hall–Kier alpha value is -1.78. The predicted molar refractivity (Wildman–Crippen MR) is 116 cm³/mol. The van der Waals surface area contributed by atoms with E-state index in [9.17, 15) is 8.42 Å². The lowest BCUT2D eigenvalue weighted by atomic mass is 9.95. The summed E-state index contributed by atoms with van der Waals surface area (Å²) < 4.78 is 27.1. The van der Waals surface area contributed by atoms with Gasteiger partial charge in [0.25, 0.3) is 0 Å². The van der Waals surface area contributed by atoms with Gasteiger partial charge < -0.3 is 16.4 Å². The minimum atomic E-state index is -3.47. The van der Waals surface area contributed by atoms with Crippen LogP contribution in [0.25, 0.3) is 11.3 Å². The molecule has 2 aliphatic heterocycles. The first kappa shape index (κ1) is 21.9. The lowest BCUT2D eigenvalue weighted by Gasteiger charge is -2.26. The molecule has 1 unspecified atom stereocenters. The average Bonchev–Trinajstić information content (AvgIpc) is 2.75. The van der Waals surface area contributed by atoms with Crippen molar-refractivity contribution in [2.45, 2.75) is 23.7 Å². The molecule has 4 rings (SSSR count). The van der Waals surface area contributed by atoms with Crippen molar-refractivity contribution in [1.82, 2.24) is 24.9 Å². The predicted octanol–water partition coefficient (Wildman–Crippen LogP) is 1.21. The molecule has 8 nitrogen and oxygen atoms in total. The number of nitrogens with two attached hydrogens (primary N) is 1. The summed E-state index contributed by atoms with van der Waals surface area (Å²) in [5.74, 6) is 0.570. The van der Waals surface area contributed by atoms with Crippen LogP contribution < -0.4 is 16.4 Å². The molecule has 2 fully saturated rings. The Bertz CT molecular complexity index is 926. The molecule has 10 heteroatoms. The molecule has 0 radical (unpaired) electrons. The number of benzene rings is 1. The molecule has 1 aromatic carbocycles. The number of nitrogens with zero attached hydrogens (tertiary/aromatic N) is 3. The molecule has 1 aromatic heterocycles. The van der Waals surface area contributed by atoms with Crippen molar-refractivity contribution < 1.29 is 8.42 Å². The van der Waals surface area contributed by atoms with Crippen LogP contribution in [0.1, 0.15) is 24.5 Å². The third-order valence-electron chi connectivity index (χ3n) is 5.34. The van der Waals surface area contributed by atoms with Crippen molar-refractivity contribution in [3.05, 3.63) is 36.0 Å². The zero-order valence-corrected chi connectivity index (χ0v) is 17.8. The lowest BCUT2D eigenvalue weighted by molar-refractivity contribution is 0.360. The van der Waals surface area contributed by atoms with Gasteiger partial charge in [0.15, 0.2) is 0 Å². The van der Waals surface area contributed by atoms with Gasteiger partial charge in [0, 0.05) is 44.2 Å². The largest absolute Gasteiger partial charge is 0.368 e. The molecule has 2 saturated heterocycles. The van der Waals surface area contributed by atoms with Crippen molar-refractivity contribution in [2.75, 3.05) is 45.0 Å². The van der Waals surface area contributed by atoms with Crippen LogP contribution in [0.2, 0.25) is 0 Å². The standard InChI is InChI=1S/C19H26N6O2S.ClH/c20-19-23-17(12-18(24-19)15-2-1-7-22-13-15)14-3-5-16(6-4-14)28(26,27)25-10-8-21-9-11-25;/h3-6,12,15,21-22H,1-2,7-11,13H2,(H2,20,23,24);1H. The van der Waals surface area contributed by atoms with Crippen molar-refractivity contribution in [3.8, 4) is 11.3 Å². The van der Waals surface area contributed by atoms with Crippen LogP contribution in [0.4, 0.5) is 5.95 Å². The van der Waals surface area contributed by atoms with E-state index in [4.69, 9.17) is 5.73 Å². The molecule has 1 atom stereocenters. The van der Waals surface area contributed by atoms with Crippen molar-refractivity contribution in [1.29, 1.82) is 0 Å². The summed E-state index contributed by atoms with van der Waals surface area (Å²) in [6, 6.07) is 8.84. The van der Waals surface area contributed by atoms with E-state index in [-0.39, 0.29) is 18.4 Å². The second-order valence-corrected chi connectivity index (χ2v) is 9.20. The number of aromatic nitrogens is 2. The third kappa shape index (κ3) is 4.87. The smallest absolute Gasteiger partial charge is 0.243 e. The summed E-state index contributed by atoms with van der Waals surface area (Å²) in [6.45, 7) is 4.26. The maximum absolute atomic E-state index is 12.8. The molecule has 158 valence electrons. The van der Waals surface area contributed by atoms with Gasteiger partial charge in [-0.3, -0.25) is 0 Å². The van der Waals surface area contributed by atoms with Crippen LogP contribution in [-0.4, -0.2) is 62.0 Å². The molecular formula is C19H27ClN6O2S. The molecule has 29 heavy (non-hydrogen) atoms. The molecule has 2 aliphatic rings. The molecule has 4 N–H and O–H groups in total. The number of hydrogen-bond donors (Lipinski definition) is 3. The van der Waals surface area contributed by atoms with E-state index >= 15 is 0 Å². The molecule has 0 spiro atoms. The fourth-order valence-corrected chi connectivity index (χ4v) is 5.22. The highest BCUT2D eigenvalue weighted by Crippen LogP contribution is 2.27. The van der Waals surface area contributed by atoms with Gasteiger partial charge in [-0.25, -0.2) is 18.4 Å². The quantitative estimate of drug-likeness (QED) is 0.657. The van der Waals surface area contributed by atoms with Crippen LogP contribution in [0, 0.1) is 0 Å². The summed E-state index contributed by atoms with van der Waals surface area (Å²) >= 11 is 0. The summed E-state index contributed by atoms with van der Waals surface area (Å²) in [4.78, 5) is 9.08. The number of anilines is 1. The topological polar surface area (TPSA) is 113 Å². The fourth-order valence-electron chi connectivity index (χ4n) is 3.78. The number of halogens is 1. The van der Waals surface area contributed by atoms with Gasteiger partial charge in [-0.1, -0.05) is 12.1 Å². The second kappa shape index (κ2) is 9.36. The minimum Gasteiger partial charge on any atom is -0.368 e. The Morgan fingerprint density at radius 2 is 1.76 bits per heavy atom. The van der Waals surface area contributed by atoms with Crippen LogP contribution >= 0.6 is 12.4 Å². The molecule has 2 aromatic rings. The maximum Gasteiger partial charge on any atom is 0.243 e. The molecule has 0 saturated carbocycles. The van der Waals surface area contributed by atoms with Gasteiger partial charge >= 0.3 is 0 Å². The maximum atomic E-state index is 12.8. The number of hydrogen-bond acceptors (Lipinski definition) is 7. The number of nitrogen functional groups attached to an aromatic ring is 1. The summed E-state index contributed by atoms with van der Waals surface area (Å²) in [5.41, 5.74) is 8.44. The fraction of sp³-hybridized carbons (Fsp3) is 0.474. The Kier molecular flexibility index (Phi) is 7.07. The molecule has 0 aliphatic carbocycles. The molecule has 0 bridgehead atoms. The number of sulfonamides is 1. The number of nitrogens with one attached hydrogen (secondary N) is 2. The van der Waals surface area contributed by atoms with E-state index < -0.39 is 10.0 Å². The average molecular weight is 439 g/mol. The Morgan fingerprint density at radius 3 is 2.41 bits per heavy atom. The Balaban J connectivity index is 0.00000240. The minimum absolute atomic E-state index is 0. The van der Waals surface area contributed by atoms with E-state index in [0.717, 1.165) is 42.9 Å². The lowest BCUT2D eigenvalue weighted by Crippen LogP contribution is -2.46. The van der Waals surface area contributed by atoms with E-state index in [1.165, 1.54) is 4.31 Å². The van der Waals surface area contributed by atoms with Crippen molar-refractivity contribution >= 4 is 28.4 Å². The highest BCUT2D eigenvalue weighted by Gasteiger charge is 2.26. The monoisotopic (exact) mass is 438 g/mol. The van der Waals surface area contributed by atoms with Crippen molar-refractivity contribution in [2.24, 2.45) is 0 Å². The zero-order valence-electron chi connectivity index (χ0n) is 16.2. The SMILES string of the molecule is Cl.Nc1nc(-c2ccc(S(=O)(=O)N3CCNCC3)cc2)cc(C2CCCNC2)n1. The van der Waals surface area contributed by atoms with Gasteiger partial charge in [0.05, 0.1) is 16.3 Å².